The third-order valence-electron chi connectivity index (χ3n) is 2.70. The first-order valence-corrected chi connectivity index (χ1v) is 5.34. The Hall–Kier alpha value is -1.85. The summed E-state index contributed by atoms with van der Waals surface area (Å²) < 4.78 is 1.80. The highest BCUT2D eigenvalue weighted by Gasteiger charge is 2.34. The highest BCUT2D eigenvalue weighted by molar-refractivity contribution is 6.03. The van der Waals surface area contributed by atoms with Crippen molar-refractivity contribution in [1.82, 2.24) is 14.7 Å². The van der Waals surface area contributed by atoms with Crippen molar-refractivity contribution in [3.05, 3.63) is 18.0 Å². The molecule has 86 valence electrons. The van der Waals surface area contributed by atoms with Crippen molar-refractivity contribution >= 4 is 11.9 Å². The topological polar surface area (TPSA) is 76.5 Å². The predicted molar refractivity (Wildman–Crippen MR) is 60.0 cm³/mol. The zero-order valence-electron chi connectivity index (χ0n) is 9.42. The summed E-state index contributed by atoms with van der Waals surface area (Å²) in [6, 6.07) is -0.521. The summed E-state index contributed by atoms with van der Waals surface area (Å²) >= 11 is 0. The molecule has 1 aliphatic rings. The molecule has 6 heteroatoms. The predicted octanol–water partition coefficient (Wildman–Crippen LogP) is 0.757. The normalized spacial score (nSPS) is 20.4. The van der Waals surface area contributed by atoms with Crippen molar-refractivity contribution in [1.29, 1.82) is 0 Å². The lowest BCUT2D eigenvalue weighted by atomic mass is 10.1. The fourth-order valence-corrected chi connectivity index (χ4v) is 1.87. The van der Waals surface area contributed by atoms with E-state index in [1.807, 2.05) is 20.0 Å². The number of hydrogen-bond acceptors (Lipinski definition) is 3. The highest BCUT2D eigenvalue weighted by Crippen LogP contribution is 2.25. The molecule has 2 N–H and O–H groups in total. The van der Waals surface area contributed by atoms with Crippen LogP contribution in [-0.2, 0) is 6.54 Å². The number of aliphatic imine (C=N–C) groups is 1. The lowest BCUT2D eigenvalue weighted by molar-refractivity contribution is 0.210. The van der Waals surface area contributed by atoms with Gasteiger partial charge in [-0.25, -0.2) is 4.79 Å². The fourth-order valence-electron chi connectivity index (χ4n) is 1.87. The van der Waals surface area contributed by atoms with Gasteiger partial charge < -0.3 is 10.6 Å². The molecule has 16 heavy (non-hydrogen) atoms. The van der Waals surface area contributed by atoms with Crippen molar-refractivity contribution in [2.24, 2.45) is 10.7 Å². The first-order valence-electron chi connectivity index (χ1n) is 5.34. The molecule has 0 saturated carbocycles. The number of amides is 2. The summed E-state index contributed by atoms with van der Waals surface area (Å²) in [5.74, 6) is 0.350. The van der Waals surface area contributed by atoms with Crippen LogP contribution in [0.2, 0.25) is 0 Å². The monoisotopic (exact) mass is 221 g/mol. The van der Waals surface area contributed by atoms with Crippen molar-refractivity contribution in [2.75, 3.05) is 6.54 Å². The molecular weight excluding hydrogens is 206 g/mol. The van der Waals surface area contributed by atoms with Gasteiger partial charge in [0.2, 0.25) is 0 Å². The number of nitrogens with two attached hydrogens (primary N) is 1. The van der Waals surface area contributed by atoms with E-state index in [2.05, 4.69) is 10.1 Å². The standard InChI is InChI=1S/C10H15N5O/c1-3-14-6-7(5-12-14)8-9(11)13-10(16)15(8)4-2/h5-6,8H,3-4H2,1-2H3,(H2,11,13,16). The van der Waals surface area contributed by atoms with Crippen LogP contribution >= 0.6 is 0 Å². The van der Waals surface area contributed by atoms with Crippen molar-refractivity contribution < 1.29 is 4.79 Å². The highest BCUT2D eigenvalue weighted by atomic mass is 16.2. The minimum absolute atomic E-state index is 0.252. The maximum absolute atomic E-state index is 11.5. The quantitative estimate of drug-likeness (QED) is 0.818. The summed E-state index contributed by atoms with van der Waals surface area (Å²) in [5.41, 5.74) is 6.68. The zero-order chi connectivity index (χ0) is 11.7. The van der Waals surface area contributed by atoms with E-state index < -0.39 is 0 Å². The lowest BCUT2D eigenvalue weighted by Gasteiger charge is -2.21. The van der Waals surface area contributed by atoms with Crippen LogP contribution in [0.5, 0.6) is 0 Å². The van der Waals surface area contributed by atoms with Crippen LogP contribution in [0.15, 0.2) is 17.4 Å². The van der Waals surface area contributed by atoms with Crippen molar-refractivity contribution in [3.8, 4) is 0 Å². The number of nitrogens with zero attached hydrogens (tertiary/aromatic N) is 4. The van der Waals surface area contributed by atoms with E-state index in [1.165, 1.54) is 0 Å². The van der Waals surface area contributed by atoms with Crippen molar-refractivity contribution in [3.63, 3.8) is 0 Å². The van der Waals surface area contributed by atoms with Crippen LogP contribution in [-0.4, -0.2) is 33.1 Å². The van der Waals surface area contributed by atoms with Gasteiger partial charge in [-0.1, -0.05) is 0 Å². The van der Waals surface area contributed by atoms with E-state index in [0.717, 1.165) is 12.1 Å². The molecule has 0 aromatic carbocycles. The van der Waals surface area contributed by atoms with E-state index in [-0.39, 0.29) is 12.1 Å². The maximum atomic E-state index is 11.5. The molecular formula is C10H15N5O. The fraction of sp³-hybridized carbons (Fsp3) is 0.500. The molecule has 2 heterocycles. The minimum atomic E-state index is -0.269. The number of carbonyl (C=O) groups excluding carboxylic acids is 1. The third-order valence-corrected chi connectivity index (χ3v) is 2.70. The maximum Gasteiger partial charge on any atom is 0.346 e. The Morgan fingerprint density at radius 3 is 2.75 bits per heavy atom. The van der Waals surface area contributed by atoms with Gasteiger partial charge in [-0.15, -0.1) is 0 Å². The molecule has 1 aromatic heterocycles. The van der Waals surface area contributed by atoms with Crippen molar-refractivity contribution in [2.45, 2.75) is 26.4 Å². The van der Waals surface area contributed by atoms with Gasteiger partial charge in [-0.05, 0) is 13.8 Å². The number of aryl methyl sites for hydroxylation is 1. The summed E-state index contributed by atoms with van der Waals surface area (Å²) in [6.45, 7) is 5.30. The zero-order valence-corrected chi connectivity index (χ0v) is 9.42. The average Bonchev–Trinajstić information content (AvgIpc) is 2.82. The van der Waals surface area contributed by atoms with Gasteiger partial charge in [0, 0.05) is 24.8 Å². The molecule has 1 atom stereocenters. The molecule has 0 saturated heterocycles. The largest absolute Gasteiger partial charge is 0.385 e. The van der Waals surface area contributed by atoms with Crippen LogP contribution in [0.1, 0.15) is 25.5 Å². The van der Waals surface area contributed by atoms with Crippen LogP contribution < -0.4 is 5.73 Å². The Labute approximate surface area is 93.7 Å². The van der Waals surface area contributed by atoms with E-state index in [9.17, 15) is 4.79 Å². The first kappa shape index (κ1) is 10.7. The van der Waals surface area contributed by atoms with Gasteiger partial charge in [0.25, 0.3) is 0 Å². The van der Waals surface area contributed by atoms with Gasteiger partial charge in [0.15, 0.2) is 0 Å². The molecule has 1 aliphatic heterocycles. The number of urea groups is 1. The molecule has 0 aliphatic carbocycles. The molecule has 0 radical (unpaired) electrons. The Kier molecular flexibility index (Phi) is 2.64. The molecule has 6 nitrogen and oxygen atoms in total. The number of likely N-dealkylation sites (N-methyl/N-ethyl adjacent to an activating group) is 1. The second-order valence-corrected chi connectivity index (χ2v) is 3.64. The second kappa shape index (κ2) is 3.96. The molecule has 1 unspecified atom stereocenters. The Morgan fingerprint density at radius 1 is 1.44 bits per heavy atom. The van der Waals surface area contributed by atoms with Gasteiger partial charge in [0.05, 0.1) is 6.20 Å². The van der Waals surface area contributed by atoms with E-state index >= 15 is 0 Å². The number of rotatable bonds is 3. The third kappa shape index (κ3) is 1.56. The summed E-state index contributed by atoms with van der Waals surface area (Å²) in [4.78, 5) is 16.9. The average molecular weight is 221 g/mol. The first-order chi connectivity index (χ1) is 7.67. The SMILES string of the molecule is CCN1C(=O)N=C(N)C1c1cnn(CC)c1. The van der Waals surface area contributed by atoms with Gasteiger partial charge in [0.1, 0.15) is 11.9 Å². The van der Waals surface area contributed by atoms with Crippen LogP contribution in [0.4, 0.5) is 4.79 Å². The number of aromatic nitrogens is 2. The Balaban J connectivity index is 2.32. The van der Waals surface area contributed by atoms with Crippen LogP contribution in [0.3, 0.4) is 0 Å². The minimum Gasteiger partial charge on any atom is -0.385 e. The van der Waals surface area contributed by atoms with Gasteiger partial charge >= 0.3 is 6.03 Å². The summed E-state index contributed by atoms with van der Waals surface area (Å²) in [7, 11) is 0. The second-order valence-electron chi connectivity index (χ2n) is 3.64. The molecule has 2 rings (SSSR count). The summed E-state index contributed by atoms with van der Waals surface area (Å²) in [6.07, 6.45) is 3.63. The van der Waals surface area contributed by atoms with Crippen LogP contribution in [0.25, 0.3) is 0 Å². The molecule has 0 bridgehead atoms. The van der Waals surface area contributed by atoms with E-state index in [1.54, 1.807) is 15.8 Å². The van der Waals surface area contributed by atoms with Gasteiger partial charge in [-0.2, -0.15) is 10.1 Å². The number of carbonyl (C=O) groups is 1. The Morgan fingerprint density at radius 2 is 2.19 bits per heavy atom. The molecule has 2 amide bonds. The van der Waals surface area contributed by atoms with E-state index in [0.29, 0.717) is 12.4 Å². The van der Waals surface area contributed by atoms with Gasteiger partial charge in [-0.3, -0.25) is 4.68 Å². The van der Waals surface area contributed by atoms with E-state index in [4.69, 9.17) is 5.73 Å². The van der Waals surface area contributed by atoms with Crippen LogP contribution in [0, 0.1) is 0 Å². The molecule has 1 aromatic rings. The molecule has 0 spiro atoms. The molecule has 0 fully saturated rings. The smallest absolute Gasteiger partial charge is 0.346 e. The summed E-state index contributed by atoms with van der Waals surface area (Å²) in [5, 5.41) is 4.18. The number of amidine groups is 1. The lowest BCUT2D eigenvalue weighted by Crippen LogP contribution is -2.32. The number of hydrogen-bond donors (Lipinski definition) is 1. The Bertz CT molecular complexity index is 436.